The first-order valence-corrected chi connectivity index (χ1v) is 8.75. The van der Waals surface area contributed by atoms with E-state index in [2.05, 4.69) is 0 Å². The van der Waals surface area contributed by atoms with E-state index >= 15 is 0 Å². The first-order valence-electron chi connectivity index (χ1n) is 6.93. The zero-order chi connectivity index (χ0) is 16.5. The van der Waals surface area contributed by atoms with Gasteiger partial charge >= 0.3 is 0 Å². The maximum Gasteiger partial charge on any atom is 0.290 e. The highest BCUT2D eigenvalue weighted by molar-refractivity contribution is 7.89. The molecule has 23 heavy (non-hydrogen) atoms. The Morgan fingerprint density at radius 1 is 1.39 bits per heavy atom. The van der Waals surface area contributed by atoms with Crippen molar-refractivity contribution in [2.75, 3.05) is 13.1 Å². The predicted molar refractivity (Wildman–Crippen MR) is 90.5 cm³/mol. The summed E-state index contributed by atoms with van der Waals surface area (Å²) in [5.41, 5.74) is 5.34. The number of nitro groups is 1. The summed E-state index contributed by atoms with van der Waals surface area (Å²) in [7, 11) is -3.91. The lowest BCUT2D eigenvalue weighted by Gasteiger charge is -2.32. The molecule has 1 aromatic carbocycles. The standard InChI is InChI=1S/C13H18ClN3O4S.ClH/c1-9(15)10-4-6-16(7-5-10)22(20,21)13-3-2-11(14)8-12(13)17(18)19;/h2-3,8-10H,4-7,15H2,1H3;1H. The average Bonchev–Trinajstić information content (AvgIpc) is 2.46. The lowest BCUT2D eigenvalue weighted by molar-refractivity contribution is -0.387. The van der Waals surface area contributed by atoms with Crippen molar-refractivity contribution in [1.82, 2.24) is 4.31 Å². The number of hydrogen-bond donors (Lipinski definition) is 1. The van der Waals surface area contributed by atoms with Crippen LogP contribution in [0.5, 0.6) is 0 Å². The summed E-state index contributed by atoms with van der Waals surface area (Å²) >= 11 is 5.72. The van der Waals surface area contributed by atoms with Crippen LogP contribution in [0, 0.1) is 16.0 Å². The van der Waals surface area contributed by atoms with Gasteiger partial charge in [-0.3, -0.25) is 10.1 Å². The minimum absolute atomic E-state index is 0. The molecule has 1 aliphatic heterocycles. The molecule has 130 valence electrons. The maximum atomic E-state index is 12.6. The van der Waals surface area contributed by atoms with Crippen molar-refractivity contribution in [3.05, 3.63) is 33.3 Å². The van der Waals surface area contributed by atoms with Crippen LogP contribution in [0.3, 0.4) is 0 Å². The van der Waals surface area contributed by atoms with Crippen LogP contribution in [0.15, 0.2) is 23.1 Å². The summed E-state index contributed by atoms with van der Waals surface area (Å²) in [6.45, 7) is 2.53. The minimum Gasteiger partial charge on any atom is -0.328 e. The molecule has 0 radical (unpaired) electrons. The van der Waals surface area contributed by atoms with Crippen molar-refractivity contribution in [3.8, 4) is 0 Å². The van der Waals surface area contributed by atoms with E-state index in [-0.39, 0.29) is 34.3 Å². The van der Waals surface area contributed by atoms with E-state index < -0.39 is 20.6 Å². The Morgan fingerprint density at radius 2 is 1.96 bits per heavy atom. The molecule has 0 spiro atoms. The topological polar surface area (TPSA) is 107 Å². The highest BCUT2D eigenvalue weighted by Crippen LogP contribution is 2.31. The molecule has 0 amide bonds. The van der Waals surface area contributed by atoms with E-state index in [1.807, 2.05) is 6.92 Å². The van der Waals surface area contributed by atoms with Crippen molar-refractivity contribution in [2.24, 2.45) is 11.7 Å². The summed E-state index contributed by atoms with van der Waals surface area (Å²) in [6.07, 6.45) is 1.30. The quantitative estimate of drug-likeness (QED) is 0.634. The predicted octanol–water partition coefficient (Wildman–Crippen LogP) is 2.42. The molecule has 1 heterocycles. The Morgan fingerprint density at radius 3 is 2.43 bits per heavy atom. The number of piperidine rings is 1. The lowest BCUT2D eigenvalue weighted by Crippen LogP contribution is -2.42. The molecule has 1 aromatic rings. The third kappa shape index (κ3) is 4.33. The molecule has 1 atom stereocenters. The number of hydrogen-bond acceptors (Lipinski definition) is 5. The number of nitrogens with two attached hydrogens (primary N) is 1. The van der Waals surface area contributed by atoms with Gasteiger partial charge in [0, 0.05) is 30.2 Å². The third-order valence-electron chi connectivity index (χ3n) is 3.98. The van der Waals surface area contributed by atoms with E-state index in [1.165, 1.54) is 16.4 Å². The molecule has 2 rings (SSSR count). The molecule has 7 nitrogen and oxygen atoms in total. The van der Waals surface area contributed by atoms with E-state index in [4.69, 9.17) is 17.3 Å². The van der Waals surface area contributed by atoms with Gasteiger partial charge in [0.2, 0.25) is 10.0 Å². The highest BCUT2D eigenvalue weighted by atomic mass is 35.5. The number of sulfonamides is 1. The third-order valence-corrected chi connectivity index (χ3v) is 6.16. The van der Waals surface area contributed by atoms with E-state index in [0.29, 0.717) is 25.9 Å². The lowest BCUT2D eigenvalue weighted by atomic mass is 9.92. The van der Waals surface area contributed by atoms with Crippen LogP contribution in [0.1, 0.15) is 19.8 Å². The molecular weight excluding hydrogens is 365 g/mol. The zero-order valence-corrected chi connectivity index (χ0v) is 14.9. The SMILES string of the molecule is CC(N)C1CCN(S(=O)(=O)c2ccc(Cl)cc2[N+](=O)[O-])CC1.Cl. The summed E-state index contributed by atoms with van der Waals surface area (Å²) in [6, 6.07) is 3.60. The molecule has 0 aromatic heterocycles. The second kappa shape index (κ2) is 7.76. The molecule has 1 fully saturated rings. The summed E-state index contributed by atoms with van der Waals surface area (Å²) < 4.78 is 26.6. The van der Waals surface area contributed by atoms with Crippen molar-refractivity contribution >= 4 is 39.7 Å². The molecular formula is C13H19Cl2N3O4S. The van der Waals surface area contributed by atoms with Crippen LogP contribution >= 0.6 is 24.0 Å². The number of rotatable bonds is 4. The van der Waals surface area contributed by atoms with Crippen LogP contribution in [-0.2, 0) is 10.0 Å². The second-order valence-corrected chi connectivity index (χ2v) is 7.81. The van der Waals surface area contributed by atoms with Gasteiger partial charge in [0.15, 0.2) is 4.90 Å². The summed E-state index contributed by atoms with van der Waals surface area (Å²) in [4.78, 5) is 10.0. The van der Waals surface area contributed by atoms with E-state index in [0.717, 1.165) is 6.07 Å². The fourth-order valence-corrected chi connectivity index (χ4v) is 4.41. The second-order valence-electron chi connectivity index (χ2n) is 5.47. The van der Waals surface area contributed by atoms with Crippen LogP contribution in [0.2, 0.25) is 5.02 Å². The number of nitro benzene ring substituents is 1. The Balaban J connectivity index is 0.00000264. The Labute approximate surface area is 146 Å². The number of benzene rings is 1. The number of halogens is 2. The summed E-state index contributed by atoms with van der Waals surface area (Å²) in [5.74, 6) is 0.270. The molecule has 0 saturated carbocycles. The Hall–Kier alpha value is -0.930. The van der Waals surface area contributed by atoms with Crippen molar-refractivity contribution < 1.29 is 13.3 Å². The van der Waals surface area contributed by atoms with Crippen LogP contribution in [0.25, 0.3) is 0 Å². The normalized spacial score (nSPS) is 18.2. The van der Waals surface area contributed by atoms with Gasteiger partial charge in [-0.15, -0.1) is 12.4 Å². The van der Waals surface area contributed by atoms with Gasteiger partial charge in [-0.05, 0) is 37.8 Å². The summed E-state index contributed by atoms with van der Waals surface area (Å²) in [5, 5.41) is 11.2. The van der Waals surface area contributed by atoms with E-state index in [1.54, 1.807) is 0 Å². The first kappa shape index (κ1) is 20.1. The van der Waals surface area contributed by atoms with Crippen LogP contribution in [0.4, 0.5) is 5.69 Å². The molecule has 1 saturated heterocycles. The van der Waals surface area contributed by atoms with Crippen molar-refractivity contribution in [2.45, 2.75) is 30.7 Å². The fraction of sp³-hybridized carbons (Fsp3) is 0.538. The minimum atomic E-state index is -3.91. The monoisotopic (exact) mass is 383 g/mol. The van der Waals surface area contributed by atoms with E-state index in [9.17, 15) is 18.5 Å². The largest absolute Gasteiger partial charge is 0.328 e. The van der Waals surface area contributed by atoms with Gasteiger partial charge in [-0.25, -0.2) is 8.42 Å². The van der Waals surface area contributed by atoms with Gasteiger partial charge in [0.05, 0.1) is 4.92 Å². The van der Waals surface area contributed by atoms with Gasteiger partial charge in [0.25, 0.3) is 5.69 Å². The van der Waals surface area contributed by atoms with Gasteiger partial charge < -0.3 is 5.73 Å². The molecule has 1 aliphatic rings. The van der Waals surface area contributed by atoms with Crippen LogP contribution in [-0.4, -0.2) is 36.8 Å². The smallest absolute Gasteiger partial charge is 0.290 e. The zero-order valence-electron chi connectivity index (χ0n) is 12.5. The molecule has 1 unspecified atom stereocenters. The van der Waals surface area contributed by atoms with Crippen molar-refractivity contribution in [1.29, 1.82) is 0 Å². The number of nitrogens with zero attached hydrogens (tertiary/aromatic N) is 2. The highest BCUT2D eigenvalue weighted by Gasteiger charge is 2.34. The first-order chi connectivity index (χ1) is 10.2. The molecule has 2 N–H and O–H groups in total. The Bertz CT molecular complexity index is 674. The van der Waals surface area contributed by atoms with Gasteiger partial charge in [0.1, 0.15) is 0 Å². The molecule has 0 aliphatic carbocycles. The molecule has 0 bridgehead atoms. The van der Waals surface area contributed by atoms with Crippen molar-refractivity contribution in [3.63, 3.8) is 0 Å². The van der Waals surface area contributed by atoms with Crippen LogP contribution < -0.4 is 5.73 Å². The maximum absolute atomic E-state index is 12.6. The van der Waals surface area contributed by atoms with Gasteiger partial charge in [-0.1, -0.05) is 11.6 Å². The molecule has 10 heteroatoms. The average molecular weight is 384 g/mol. The van der Waals surface area contributed by atoms with Gasteiger partial charge in [-0.2, -0.15) is 4.31 Å². The Kier molecular flexibility index (Phi) is 6.79. The fourth-order valence-electron chi connectivity index (χ4n) is 2.63.